The van der Waals surface area contributed by atoms with Crippen molar-refractivity contribution < 1.29 is 19.2 Å². The molecule has 0 aliphatic carbocycles. The Kier molecular flexibility index (Phi) is 3.94. The molecule has 20 heavy (non-hydrogen) atoms. The fourth-order valence-corrected chi connectivity index (χ4v) is 2.29. The smallest absolute Gasteiger partial charge is 0.355 e. The van der Waals surface area contributed by atoms with E-state index in [2.05, 4.69) is 10.1 Å². The number of H-pyrrole nitrogens is 1. The van der Waals surface area contributed by atoms with Crippen LogP contribution in [0, 0.1) is 20.8 Å². The van der Waals surface area contributed by atoms with Crippen LogP contribution in [0.25, 0.3) is 0 Å². The van der Waals surface area contributed by atoms with E-state index in [1.807, 2.05) is 6.92 Å². The predicted molar refractivity (Wildman–Crippen MR) is 71.3 cm³/mol. The summed E-state index contributed by atoms with van der Waals surface area (Å²) in [6.07, 6.45) is -0.633. The third-order valence-electron chi connectivity index (χ3n) is 3.15. The number of hydrogen-bond donors (Lipinski definition) is 2. The van der Waals surface area contributed by atoms with Gasteiger partial charge in [0, 0.05) is 17.3 Å². The van der Waals surface area contributed by atoms with Gasteiger partial charge in [0.2, 0.25) is 0 Å². The Balaban J connectivity index is 2.12. The number of carbonyl (C=O) groups excluding carboxylic acids is 1. The second-order valence-electron chi connectivity index (χ2n) is 4.84. The lowest BCUT2D eigenvalue weighted by Gasteiger charge is -2.05. The van der Waals surface area contributed by atoms with Gasteiger partial charge >= 0.3 is 5.97 Å². The van der Waals surface area contributed by atoms with E-state index in [1.165, 1.54) is 0 Å². The summed E-state index contributed by atoms with van der Waals surface area (Å²) in [4.78, 5) is 15.0. The van der Waals surface area contributed by atoms with Gasteiger partial charge in [0.25, 0.3) is 0 Å². The van der Waals surface area contributed by atoms with Crippen LogP contribution in [-0.2, 0) is 11.3 Å². The van der Waals surface area contributed by atoms with E-state index in [4.69, 9.17) is 9.26 Å². The monoisotopic (exact) mass is 278 g/mol. The molecule has 2 aromatic rings. The summed E-state index contributed by atoms with van der Waals surface area (Å²) in [5, 5.41) is 13.4. The lowest BCUT2D eigenvalue weighted by Crippen LogP contribution is -2.07. The number of aromatic nitrogens is 2. The number of hydrogen-bond acceptors (Lipinski definition) is 5. The molecule has 6 nitrogen and oxygen atoms in total. The van der Waals surface area contributed by atoms with E-state index < -0.39 is 12.1 Å². The number of aliphatic hydroxyl groups excluding tert-OH is 1. The average Bonchev–Trinajstić information content (AvgIpc) is 2.90. The fraction of sp³-hybridized carbons (Fsp3) is 0.429. The van der Waals surface area contributed by atoms with Crippen molar-refractivity contribution in [3.8, 4) is 0 Å². The predicted octanol–water partition coefficient (Wildman–Crippen LogP) is 2.34. The minimum atomic E-state index is -0.633. The van der Waals surface area contributed by atoms with Gasteiger partial charge < -0.3 is 19.4 Å². The van der Waals surface area contributed by atoms with Crippen molar-refractivity contribution in [1.29, 1.82) is 0 Å². The van der Waals surface area contributed by atoms with Crippen molar-refractivity contribution in [2.45, 2.75) is 40.4 Å². The largest absolute Gasteiger partial charge is 0.454 e. The van der Waals surface area contributed by atoms with Crippen LogP contribution in [0.2, 0.25) is 0 Å². The molecule has 2 aromatic heterocycles. The molecule has 0 aromatic carbocycles. The first-order chi connectivity index (χ1) is 9.40. The van der Waals surface area contributed by atoms with Crippen LogP contribution in [0.5, 0.6) is 0 Å². The molecule has 0 unspecified atom stereocenters. The van der Waals surface area contributed by atoms with Gasteiger partial charge in [-0.05, 0) is 33.3 Å². The lowest BCUT2D eigenvalue weighted by atomic mass is 10.1. The number of aromatic amines is 1. The molecule has 0 aliphatic heterocycles. The summed E-state index contributed by atoms with van der Waals surface area (Å²) in [6, 6.07) is 1.71. The van der Waals surface area contributed by atoms with Crippen LogP contribution >= 0.6 is 0 Å². The van der Waals surface area contributed by atoms with Crippen molar-refractivity contribution >= 4 is 5.97 Å². The minimum absolute atomic E-state index is 0.0533. The Hall–Kier alpha value is -2.08. The van der Waals surface area contributed by atoms with Gasteiger partial charge in [-0.25, -0.2) is 4.79 Å². The molecular formula is C14H18N2O4. The van der Waals surface area contributed by atoms with Gasteiger partial charge in [-0.15, -0.1) is 0 Å². The number of aliphatic hydroxyl groups is 1. The van der Waals surface area contributed by atoms with Gasteiger partial charge in [0.15, 0.2) is 0 Å². The molecule has 2 heterocycles. The third kappa shape index (κ3) is 2.75. The number of aryl methyl sites for hydroxylation is 2. The standard InChI is InChI=1S/C14H18N2O4/c1-7-5-11(16-20-7)6-19-14(18)13-8(2)12(10(4)17)9(3)15-13/h5,10,15,17H,6H2,1-4H3/t10-/m1/s1. The van der Waals surface area contributed by atoms with Crippen molar-refractivity contribution in [2.24, 2.45) is 0 Å². The Morgan fingerprint density at radius 2 is 2.20 bits per heavy atom. The molecule has 6 heteroatoms. The Morgan fingerprint density at radius 1 is 1.50 bits per heavy atom. The third-order valence-corrected chi connectivity index (χ3v) is 3.15. The molecule has 0 amide bonds. The highest BCUT2D eigenvalue weighted by molar-refractivity contribution is 5.89. The first kappa shape index (κ1) is 14.3. The molecular weight excluding hydrogens is 260 g/mol. The van der Waals surface area contributed by atoms with Crippen LogP contribution in [0.4, 0.5) is 0 Å². The number of esters is 1. The zero-order valence-corrected chi connectivity index (χ0v) is 12.0. The SMILES string of the molecule is Cc1cc(COC(=O)c2[nH]c(C)c([C@@H](C)O)c2C)no1. The second-order valence-corrected chi connectivity index (χ2v) is 4.84. The molecule has 0 spiro atoms. The highest BCUT2D eigenvalue weighted by atomic mass is 16.5. The van der Waals surface area contributed by atoms with E-state index in [0.717, 1.165) is 11.3 Å². The van der Waals surface area contributed by atoms with Gasteiger partial charge in [0.05, 0.1) is 6.10 Å². The summed E-state index contributed by atoms with van der Waals surface area (Å²) in [5.41, 5.74) is 3.13. The average molecular weight is 278 g/mol. The Bertz CT molecular complexity index is 625. The van der Waals surface area contributed by atoms with Crippen molar-refractivity contribution in [2.75, 3.05) is 0 Å². The van der Waals surface area contributed by atoms with E-state index >= 15 is 0 Å². The maximum absolute atomic E-state index is 12.0. The topological polar surface area (TPSA) is 88.4 Å². The van der Waals surface area contributed by atoms with Crippen molar-refractivity contribution in [1.82, 2.24) is 10.1 Å². The first-order valence-electron chi connectivity index (χ1n) is 6.36. The molecule has 2 N–H and O–H groups in total. The zero-order chi connectivity index (χ0) is 14.9. The van der Waals surface area contributed by atoms with Crippen LogP contribution < -0.4 is 0 Å². The number of nitrogens with one attached hydrogen (secondary N) is 1. The summed E-state index contributed by atoms with van der Waals surface area (Å²) in [6.45, 7) is 7.08. The van der Waals surface area contributed by atoms with Gasteiger partial charge in [-0.2, -0.15) is 0 Å². The number of carbonyl (C=O) groups is 1. The lowest BCUT2D eigenvalue weighted by molar-refractivity contribution is 0.0457. The van der Waals surface area contributed by atoms with Crippen LogP contribution in [-0.4, -0.2) is 21.2 Å². The van der Waals surface area contributed by atoms with Gasteiger partial charge in [-0.1, -0.05) is 5.16 Å². The Morgan fingerprint density at radius 3 is 2.70 bits per heavy atom. The minimum Gasteiger partial charge on any atom is -0.454 e. The molecule has 0 fully saturated rings. The molecule has 1 atom stereocenters. The molecule has 2 rings (SSSR count). The zero-order valence-electron chi connectivity index (χ0n) is 12.0. The maximum Gasteiger partial charge on any atom is 0.355 e. The van der Waals surface area contributed by atoms with Crippen LogP contribution in [0.15, 0.2) is 10.6 Å². The summed E-state index contributed by atoms with van der Waals surface area (Å²) in [5.74, 6) is 0.192. The number of ether oxygens (including phenoxy) is 1. The second kappa shape index (κ2) is 5.50. The van der Waals surface area contributed by atoms with E-state index in [9.17, 15) is 9.90 Å². The summed E-state index contributed by atoms with van der Waals surface area (Å²) < 4.78 is 10.1. The number of rotatable bonds is 4. The van der Waals surface area contributed by atoms with Crippen molar-refractivity contribution in [3.05, 3.63) is 40.0 Å². The van der Waals surface area contributed by atoms with E-state index in [1.54, 1.807) is 26.8 Å². The highest BCUT2D eigenvalue weighted by Gasteiger charge is 2.21. The van der Waals surface area contributed by atoms with E-state index in [-0.39, 0.29) is 6.61 Å². The normalized spacial score (nSPS) is 12.4. The molecule has 0 aliphatic rings. The Labute approximate surface area is 116 Å². The molecule has 0 saturated carbocycles. The molecule has 108 valence electrons. The molecule has 0 saturated heterocycles. The highest BCUT2D eigenvalue weighted by Crippen LogP contribution is 2.25. The molecule has 0 bridgehead atoms. The number of nitrogens with zero attached hydrogens (tertiary/aromatic N) is 1. The first-order valence-corrected chi connectivity index (χ1v) is 6.36. The van der Waals surface area contributed by atoms with Crippen LogP contribution in [0.1, 0.15) is 51.8 Å². The van der Waals surface area contributed by atoms with E-state index in [0.29, 0.717) is 22.7 Å². The van der Waals surface area contributed by atoms with Gasteiger partial charge in [0.1, 0.15) is 23.8 Å². The molecule has 0 radical (unpaired) electrons. The van der Waals surface area contributed by atoms with Gasteiger partial charge in [-0.3, -0.25) is 0 Å². The summed E-state index contributed by atoms with van der Waals surface area (Å²) >= 11 is 0. The fourth-order valence-electron chi connectivity index (χ4n) is 2.29. The maximum atomic E-state index is 12.0. The quantitative estimate of drug-likeness (QED) is 0.838. The summed E-state index contributed by atoms with van der Waals surface area (Å²) in [7, 11) is 0. The van der Waals surface area contributed by atoms with Crippen molar-refractivity contribution in [3.63, 3.8) is 0 Å². The van der Waals surface area contributed by atoms with Crippen LogP contribution in [0.3, 0.4) is 0 Å².